The summed E-state index contributed by atoms with van der Waals surface area (Å²) in [5, 5.41) is 0.397. The molecule has 0 unspecified atom stereocenters. The van der Waals surface area contributed by atoms with Crippen molar-refractivity contribution in [3.8, 4) is 0 Å². The molecule has 0 atom stereocenters. The molecule has 1 fully saturated rings. The number of hydrogen-bond acceptors (Lipinski definition) is 2. The van der Waals surface area contributed by atoms with Crippen LogP contribution in [0.25, 0.3) is 0 Å². The van der Waals surface area contributed by atoms with Crippen LogP contribution < -0.4 is 4.90 Å². The van der Waals surface area contributed by atoms with Crippen LogP contribution >= 0.6 is 11.6 Å². The molecule has 3 rings (SSSR count). The van der Waals surface area contributed by atoms with Gasteiger partial charge in [-0.05, 0) is 37.0 Å². The standard InChI is InChI=1S/C16H15ClN2O/c17-15-10-18-9-8-14(15)16(20)19(11-12-6-7-12)13-4-2-1-3-5-13/h1-5,8-10,12H,6-7,11H2. The summed E-state index contributed by atoms with van der Waals surface area (Å²) < 4.78 is 0. The molecule has 1 aromatic carbocycles. The lowest BCUT2D eigenvalue weighted by atomic mass is 10.2. The Balaban J connectivity index is 1.93. The highest BCUT2D eigenvalue weighted by Gasteiger charge is 2.28. The van der Waals surface area contributed by atoms with E-state index in [-0.39, 0.29) is 5.91 Å². The number of pyridine rings is 1. The van der Waals surface area contributed by atoms with Crippen LogP contribution in [-0.4, -0.2) is 17.4 Å². The van der Waals surface area contributed by atoms with Crippen LogP contribution in [0.1, 0.15) is 23.2 Å². The monoisotopic (exact) mass is 286 g/mol. The molecule has 1 amide bonds. The van der Waals surface area contributed by atoms with E-state index in [1.807, 2.05) is 35.2 Å². The van der Waals surface area contributed by atoms with E-state index in [2.05, 4.69) is 4.98 Å². The van der Waals surface area contributed by atoms with Gasteiger partial charge in [0.05, 0.1) is 10.6 Å². The van der Waals surface area contributed by atoms with Gasteiger partial charge in [0.25, 0.3) is 5.91 Å². The first-order chi connectivity index (χ1) is 9.75. The first-order valence-electron chi connectivity index (χ1n) is 6.72. The molecule has 4 heteroatoms. The van der Waals surface area contributed by atoms with Gasteiger partial charge >= 0.3 is 0 Å². The van der Waals surface area contributed by atoms with Crippen molar-refractivity contribution in [3.63, 3.8) is 0 Å². The molecule has 0 bridgehead atoms. The molecule has 1 aliphatic rings. The molecular weight excluding hydrogens is 272 g/mol. The van der Waals surface area contributed by atoms with Crippen molar-refractivity contribution in [2.24, 2.45) is 5.92 Å². The summed E-state index contributed by atoms with van der Waals surface area (Å²) in [6.45, 7) is 0.751. The Morgan fingerprint density at radius 3 is 2.65 bits per heavy atom. The zero-order valence-electron chi connectivity index (χ0n) is 11.0. The van der Waals surface area contributed by atoms with Gasteiger partial charge in [-0.25, -0.2) is 0 Å². The fraction of sp³-hybridized carbons (Fsp3) is 0.250. The number of aromatic nitrogens is 1. The van der Waals surface area contributed by atoms with E-state index in [0.717, 1.165) is 12.2 Å². The van der Waals surface area contributed by atoms with Crippen LogP contribution in [0.3, 0.4) is 0 Å². The van der Waals surface area contributed by atoms with E-state index in [1.54, 1.807) is 12.3 Å². The molecular formula is C16H15ClN2O. The molecule has 0 aliphatic heterocycles. The topological polar surface area (TPSA) is 33.2 Å². The van der Waals surface area contributed by atoms with E-state index in [9.17, 15) is 4.79 Å². The number of carbonyl (C=O) groups is 1. The molecule has 0 spiro atoms. The zero-order chi connectivity index (χ0) is 13.9. The van der Waals surface area contributed by atoms with Crippen LogP contribution in [0.2, 0.25) is 5.02 Å². The summed E-state index contributed by atoms with van der Waals surface area (Å²) in [4.78, 5) is 18.5. The predicted octanol–water partition coefficient (Wildman–Crippen LogP) is 3.79. The maximum Gasteiger partial charge on any atom is 0.259 e. The highest BCUT2D eigenvalue weighted by Crippen LogP contribution is 2.32. The highest BCUT2D eigenvalue weighted by molar-refractivity contribution is 6.34. The number of nitrogens with zero attached hydrogens (tertiary/aromatic N) is 2. The lowest BCUT2D eigenvalue weighted by Crippen LogP contribution is -2.33. The minimum Gasteiger partial charge on any atom is -0.308 e. The number of anilines is 1. The van der Waals surface area contributed by atoms with Gasteiger partial charge in [-0.2, -0.15) is 0 Å². The number of amides is 1. The molecule has 0 N–H and O–H groups in total. The predicted molar refractivity (Wildman–Crippen MR) is 80.1 cm³/mol. The maximum atomic E-state index is 12.7. The normalized spacial score (nSPS) is 14.1. The molecule has 0 radical (unpaired) electrons. The van der Waals surface area contributed by atoms with Crippen LogP contribution in [0.5, 0.6) is 0 Å². The Morgan fingerprint density at radius 1 is 1.25 bits per heavy atom. The first-order valence-corrected chi connectivity index (χ1v) is 7.10. The van der Waals surface area contributed by atoms with E-state index in [0.29, 0.717) is 16.5 Å². The van der Waals surface area contributed by atoms with Crippen molar-refractivity contribution >= 4 is 23.2 Å². The fourth-order valence-corrected chi connectivity index (χ4v) is 2.37. The maximum absolute atomic E-state index is 12.7. The third-order valence-corrected chi connectivity index (χ3v) is 3.75. The van der Waals surface area contributed by atoms with E-state index in [1.165, 1.54) is 19.0 Å². The zero-order valence-corrected chi connectivity index (χ0v) is 11.8. The number of halogens is 1. The SMILES string of the molecule is O=C(c1ccncc1Cl)N(CC1CC1)c1ccccc1. The Kier molecular flexibility index (Phi) is 3.70. The number of carbonyl (C=O) groups excluding carboxylic acids is 1. The van der Waals surface area contributed by atoms with Crippen LogP contribution in [0.4, 0.5) is 5.69 Å². The average Bonchev–Trinajstić information content (AvgIpc) is 3.30. The van der Waals surface area contributed by atoms with Crippen molar-refractivity contribution in [1.82, 2.24) is 4.98 Å². The largest absolute Gasteiger partial charge is 0.308 e. The summed E-state index contributed by atoms with van der Waals surface area (Å²) >= 11 is 6.09. The fourth-order valence-electron chi connectivity index (χ4n) is 2.17. The molecule has 1 heterocycles. The molecule has 3 nitrogen and oxygen atoms in total. The van der Waals surface area contributed by atoms with Gasteiger partial charge < -0.3 is 4.90 Å². The molecule has 0 saturated heterocycles. The van der Waals surface area contributed by atoms with Gasteiger partial charge in [0.1, 0.15) is 0 Å². The molecule has 1 aliphatic carbocycles. The van der Waals surface area contributed by atoms with E-state index < -0.39 is 0 Å². The van der Waals surface area contributed by atoms with Crippen molar-refractivity contribution in [3.05, 3.63) is 59.4 Å². The molecule has 2 aromatic rings. The average molecular weight is 287 g/mol. The quantitative estimate of drug-likeness (QED) is 0.857. The first kappa shape index (κ1) is 13.1. The van der Waals surface area contributed by atoms with Gasteiger partial charge in [-0.15, -0.1) is 0 Å². The third-order valence-electron chi connectivity index (χ3n) is 3.45. The van der Waals surface area contributed by atoms with Gasteiger partial charge in [-0.1, -0.05) is 29.8 Å². The van der Waals surface area contributed by atoms with Crippen molar-refractivity contribution in [2.75, 3.05) is 11.4 Å². The summed E-state index contributed by atoms with van der Waals surface area (Å²) in [5.41, 5.74) is 1.42. The summed E-state index contributed by atoms with van der Waals surface area (Å²) in [7, 11) is 0. The van der Waals surface area contributed by atoms with Crippen molar-refractivity contribution < 1.29 is 4.79 Å². The summed E-state index contributed by atoms with van der Waals surface area (Å²) in [6, 6.07) is 11.4. The van der Waals surface area contributed by atoms with Gasteiger partial charge in [0.15, 0.2) is 0 Å². The molecule has 1 aromatic heterocycles. The smallest absolute Gasteiger partial charge is 0.259 e. The van der Waals surface area contributed by atoms with E-state index in [4.69, 9.17) is 11.6 Å². The lowest BCUT2D eigenvalue weighted by molar-refractivity contribution is 0.0985. The summed E-state index contributed by atoms with van der Waals surface area (Å²) in [5.74, 6) is 0.551. The number of rotatable bonds is 4. The number of hydrogen-bond donors (Lipinski definition) is 0. The Bertz CT molecular complexity index is 611. The van der Waals surface area contributed by atoms with Gasteiger partial charge in [-0.3, -0.25) is 9.78 Å². The second kappa shape index (κ2) is 5.63. The minimum atomic E-state index is -0.0597. The summed E-state index contributed by atoms with van der Waals surface area (Å²) in [6.07, 6.45) is 5.50. The van der Waals surface area contributed by atoms with Gasteiger partial charge in [0, 0.05) is 24.6 Å². The number of benzene rings is 1. The van der Waals surface area contributed by atoms with Gasteiger partial charge in [0.2, 0.25) is 0 Å². The molecule has 102 valence electrons. The highest BCUT2D eigenvalue weighted by atomic mass is 35.5. The van der Waals surface area contributed by atoms with E-state index >= 15 is 0 Å². The Morgan fingerprint density at radius 2 is 2.00 bits per heavy atom. The Hall–Kier alpha value is -1.87. The molecule has 20 heavy (non-hydrogen) atoms. The van der Waals surface area contributed by atoms with Crippen LogP contribution in [0, 0.1) is 5.92 Å². The van der Waals surface area contributed by atoms with Crippen LogP contribution in [0.15, 0.2) is 48.8 Å². The minimum absolute atomic E-state index is 0.0597. The van der Waals surface area contributed by atoms with Crippen molar-refractivity contribution in [2.45, 2.75) is 12.8 Å². The third kappa shape index (κ3) is 2.83. The number of para-hydroxylation sites is 1. The second-order valence-electron chi connectivity index (χ2n) is 5.05. The second-order valence-corrected chi connectivity index (χ2v) is 5.46. The Labute approximate surface area is 123 Å². The lowest BCUT2D eigenvalue weighted by Gasteiger charge is -2.23. The van der Waals surface area contributed by atoms with Crippen LogP contribution in [-0.2, 0) is 0 Å². The van der Waals surface area contributed by atoms with Crippen molar-refractivity contribution in [1.29, 1.82) is 0 Å². The molecule has 1 saturated carbocycles.